The average molecular weight is 342 g/mol. The number of ether oxygens (including phenoxy) is 1. The summed E-state index contributed by atoms with van der Waals surface area (Å²) in [7, 11) is 0. The van der Waals surface area contributed by atoms with Crippen LogP contribution in [0.4, 0.5) is 0 Å². The summed E-state index contributed by atoms with van der Waals surface area (Å²) in [6.07, 6.45) is 12.4. The average Bonchev–Trinajstić information content (AvgIpc) is 3.40. The van der Waals surface area contributed by atoms with Gasteiger partial charge in [0, 0.05) is 43.8 Å². The number of aromatic nitrogens is 1. The Balaban J connectivity index is 1.41. The second-order valence-corrected chi connectivity index (χ2v) is 7.99. The molecule has 1 amide bonds. The van der Waals surface area contributed by atoms with Crippen molar-refractivity contribution in [2.24, 2.45) is 11.8 Å². The normalized spacial score (nSPS) is 23.8. The van der Waals surface area contributed by atoms with Crippen molar-refractivity contribution in [3.05, 3.63) is 35.7 Å². The molecule has 3 aliphatic rings. The van der Waals surface area contributed by atoms with E-state index in [1.54, 1.807) is 0 Å². The van der Waals surface area contributed by atoms with E-state index in [2.05, 4.69) is 33.9 Å². The highest BCUT2D eigenvalue weighted by molar-refractivity contribution is 5.93. The highest BCUT2D eigenvalue weighted by Crippen LogP contribution is 2.29. The molecule has 0 radical (unpaired) electrons. The van der Waals surface area contributed by atoms with E-state index in [9.17, 15) is 4.79 Å². The maximum absolute atomic E-state index is 13.0. The summed E-state index contributed by atoms with van der Waals surface area (Å²) in [5.41, 5.74) is 2.29. The molecular formula is C21H30N2O2. The zero-order valence-corrected chi connectivity index (χ0v) is 15.2. The van der Waals surface area contributed by atoms with Gasteiger partial charge in [-0.25, -0.2) is 0 Å². The lowest BCUT2D eigenvalue weighted by Gasteiger charge is -2.26. The van der Waals surface area contributed by atoms with Crippen molar-refractivity contribution in [2.75, 3.05) is 19.8 Å². The van der Waals surface area contributed by atoms with Gasteiger partial charge in [-0.3, -0.25) is 4.79 Å². The SMILES string of the molecule is O=C(C1=CCCCC1)N1Cc2cccn2CC(CCOCC2CC2)C1. The molecule has 1 aliphatic heterocycles. The molecule has 1 saturated carbocycles. The minimum atomic E-state index is 0.262. The van der Waals surface area contributed by atoms with Gasteiger partial charge in [0.15, 0.2) is 0 Å². The summed E-state index contributed by atoms with van der Waals surface area (Å²) in [6, 6.07) is 4.26. The number of carbonyl (C=O) groups excluding carboxylic acids is 1. The minimum absolute atomic E-state index is 0.262. The van der Waals surface area contributed by atoms with Crippen LogP contribution in [0.1, 0.15) is 50.6 Å². The van der Waals surface area contributed by atoms with Crippen molar-refractivity contribution >= 4 is 5.91 Å². The predicted octanol–water partition coefficient (Wildman–Crippen LogP) is 3.76. The molecule has 2 heterocycles. The third-order valence-corrected chi connectivity index (χ3v) is 5.78. The van der Waals surface area contributed by atoms with Crippen LogP contribution in [0.15, 0.2) is 30.0 Å². The molecule has 136 valence electrons. The van der Waals surface area contributed by atoms with Gasteiger partial charge in [0.05, 0.1) is 6.54 Å². The number of hydrogen-bond acceptors (Lipinski definition) is 2. The Morgan fingerprint density at radius 3 is 2.92 bits per heavy atom. The van der Waals surface area contributed by atoms with Crippen molar-refractivity contribution in [3.8, 4) is 0 Å². The molecule has 4 nitrogen and oxygen atoms in total. The van der Waals surface area contributed by atoms with Crippen LogP contribution >= 0.6 is 0 Å². The van der Waals surface area contributed by atoms with Crippen LogP contribution in [-0.4, -0.2) is 35.1 Å². The smallest absolute Gasteiger partial charge is 0.249 e. The van der Waals surface area contributed by atoms with E-state index in [1.807, 2.05) is 0 Å². The number of amides is 1. The van der Waals surface area contributed by atoms with Crippen LogP contribution < -0.4 is 0 Å². The topological polar surface area (TPSA) is 34.5 Å². The Morgan fingerprint density at radius 2 is 2.12 bits per heavy atom. The molecule has 1 atom stereocenters. The maximum atomic E-state index is 13.0. The number of hydrogen-bond donors (Lipinski definition) is 0. The van der Waals surface area contributed by atoms with Gasteiger partial charge in [0.25, 0.3) is 0 Å². The molecule has 1 unspecified atom stereocenters. The molecule has 1 aromatic rings. The van der Waals surface area contributed by atoms with E-state index in [0.29, 0.717) is 5.92 Å². The highest BCUT2D eigenvalue weighted by Gasteiger charge is 2.27. The summed E-state index contributed by atoms with van der Waals surface area (Å²) >= 11 is 0. The summed E-state index contributed by atoms with van der Waals surface area (Å²) in [4.78, 5) is 15.1. The third-order valence-electron chi connectivity index (χ3n) is 5.78. The molecular weight excluding hydrogens is 312 g/mol. The van der Waals surface area contributed by atoms with Crippen molar-refractivity contribution in [3.63, 3.8) is 0 Å². The first-order valence-electron chi connectivity index (χ1n) is 9.99. The molecule has 0 aromatic carbocycles. The number of carbonyl (C=O) groups is 1. The Kier molecular flexibility index (Phi) is 5.25. The van der Waals surface area contributed by atoms with Crippen LogP contribution in [-0.2, 0) is 22.6 Å². The van der Waals surface area contributed by atoms with Crippen molar-refractivity contribution in [2.45, 2.75) is 58.0 Å². The number of allylic oxidation sites excluding steroid dienone is 1. The second kappa shape index (κ2) is 7.77. The molecule has 2 aliphatic carbocycles. The van der Waals surface area contributed by atoms with Crippen LogP contribution in [0, 0.1) is 11.8 Å². The predicted molar refractivity (Wildman–Crippen MR) is 98.1 cm³/mol. The van der Waals surface area contributed by atoms with E-state index in [-0.39, 0.29) is 5.91 Å². The third kappa shape index (κ3) is 4.35. The number of fused-ring (bicyclic) bond motifs is 1. The van der Waals surface area contributed by atoms with Crippen LogP contribution in [0.2, 0.25) is 0 Å². The van der Waals surface area contributed by atoms with Gasteiger partial charge in [0.1, 0.15) is 0 Å². The summed E-state index contributed by atoms with van der Waals surface area (Å²) in [6.45, 7) is 4.34. The molecule has 0 bridgehead atoms. The lowest BCUT2D eigenvalue weighted by atomic mass is 9.98. The quantitative estimate of drug-likeness (QED) is 0.738. The molecule has 25 heavy (non-hydrogen) atoms. The van der Waals surface area contributed by atoms with Crippen LogP contribution in [0.3, 0.4) is 0 Å². The number of nitrogens with zero attached hydrogens (tertiary/aromatic N) is 2. The summed E-state index contributed by atoms with van der Waals surface area (Å²) in [5.74, 6) is 1.56. The molecule has 1 aromatic heterocycles. The van der Waals surface area contributed by atoms with Crippen molar-refractivity contribution < 1.29 is 9.53 Å². The zero-order valence-electron chi connectivity index (χ0n) is 15.2. The first-order valence-corrected chi connectivity index (χ1v) is 9.99. The van der Waals surface area contributed by atoms with Crippen molar-refractivity contribution in [1.29, 1.82) is 0 Å². The van der Waals surface area contributed by atoms with Gasteiger partial charge in [-0.05, 0) is 68.9 Å². The fourth-order valence-corrected chi connectivity index (χ4v) is 4.04. The van der Waals surface area contributed by atoms with Crippen molar-refractivity contribution in [1.82, 2.24) is 9.47 Å². The van der Waals surface area contributed by atoms with Gasteiger partial charge in [0.2, 0.25) is 5.91 Å². The van der Waals surface area contributed by atoms with Gasteiger partial charge < -0.3 is 14.2 Å². The first kappa shape index (κ1) is 16.9. The van der Waals surface area contributed by atoms with Gasteiger partial charge in [-0.2, -0.15) is 0 Å². The van der Waals surface area contributed by atoms with E-state index in [0.717, 1.165) is 70.0 Å². The Labute approximate surface area is 150 Å². The van der Waals surface area contributed by atoms with Crippen LogP contribution in [0.5, 0.6) is 0 Å². The van der Waals surface area contributed by atoms with E-state index in [4.69, 9.17) is 4.74 Å². The van der Waals surface area contributed by atoms with Gasteiger partial charge >= 0.3 is 0 Å². The van der Waals surface area contributed by atoms with Gasteiger partial charge in [-0.1, -0.05) is 6.08 Å². The Morgan fingerprint density at radius 1 is 1.20 bits per heavy atom. The monoisotopic (exact) mass is 342 g/mol. The zero-order chi connectivity index (χ0) is 17.1. The molecule has 0 N–H and O–H groups in total. The lowest BCUT2D eigenvalue weighted by Crippen LogP contribution is -2.35. The largest absolute Gasteiger partial charge is 0.381 e. The molecule has 0 saturated heterocycles. The minimum Gasteiger partial charge on any atom is -0.381 e. The molecule has 0 spiro atoms. The number of rotatable bonds is 6. The summed E-state index contributed by atoms with van der Waals surface area (Å²) < 4.78 is 8.19. The highest BCUT2D eigenvalue weighted by atomic mass is 16.5. The fraction of sp³-hybridized carbons (Fsp3) is 0.667. The van der Waals surface area contributed by atoms with Gasteiger partial charge in [-0.15, -0.1) is 0 Å². The second-order valence-electron chi connectivity index (χ2n) is 7.99. The van der Waals surface area contributed by atoms with E-state index < -0.39 is 0 Å². The Hall–Kier alpha value is -1.55. The Bertz CT molecular complexity index is 630. The standard InChI is InChI=1S/C21H30N2O2/c24-21(19-5-2-1-3-6-19)23-14-18(10-12-25-16-17-8-9-17)13-22-11-4-7-20(22)15-23/h4-5,7,11,17-18H,1-3,6,8-10,12-16H2. The molecule has 4 heteroatoms. The first-order chi connectivity index (χ1) is 12.3. The van der Waals surface area contributed by atoms with Crippen LogP contribution in [0.25, 0.3) is 0 Å². The fourth-order valence-electron chi connectivity index (χ4n) is 4.04. The van der Waals surface area contributed by atoms with E-state index >= 15 is 0 Å². The molecule has 4 rings (SSSR count). The molecule has 1 fully saturated rings. The summed E-state index contributed by atoms with van der Waals surface area (Å²) in [5, 5.41) is 0. The maximum Gasteiger partial charge on any atom is 0.249 e. The van der Waals surface area contributed by atoms with E-state index in [1.165, 1.54) is 25.0 Å². The lowest BCUT2D eigenvalue weighted by molar-refractivity contribution is -0.128.